The summed E-state index contributed by atoms with van der Waals surface area (Å²) in [6, 6.07) is 11.7. The third-order valence-electron chi connectivity index (χ3n) is 3.90. The quantitative estimate of drug-likeness (QED) is 0.164. The van der Waals surface area contributed by atoms with Crippen LogP contribution in [0.25, 0.3) is 10.6 Å². The highest BCUT2D eigenvalue weighted by molar-refractivity contribution is 7.17. The smallest absolute Gasteiger partial charge is 0.416 e. The first-order valence-electron chi connectivity index (χ1n) is 9.02. The summed E-state index contributed by atoms with van der Waals surface area (Å²) < 4.78 is 43.2. The van der Waals surface area contributed by atoms with Crippen molar-refractivity contribution in [3.05, 3.63) is 70.2 Å². The summed E-state index contributed by atoms with van der Waals surface area (Å²) in [4.78, 5) is 21.9. The molecule has 0 radical (unpaired) electrons. The van der Waals surface area contributed by atoms with Gasteiger partial charge in [0.05, 0.1) is 23.1 Å². The molecule has 0 bridgehead atoms. The van der Waals surface area contributed by atoms with Gasteiger partial charge in [-0.25, -0.2) is 4.98 Å². The number of ether oxygens (including phenoxy) is 1. The lowest BCUT2D eigenvalue weighted by atomic mass is 10.2. The summed E-state index contributed by atoms with van der Waals surface area (Å²) in [5.41, 5.74) is 0.0796. The van der Waals surface area contributed by atoms with Crippen LogP contribution >= 0.6 is 22.9 Å². The van der Waals surface area contributed by atoms with Gasteiger partial charge in [-0.15, -0.1) is 11.3 Å². The maximum absolute atomic E-state index is 12.7. The van der Waals surface area contributed by atoms with Crippen molar-refractivity contribution in [1.82, 2.24) is 4.98 Å². The summed E-state index contributed by atoms with van der Waals surface area (Å²) in [7, 11) is 0. The first-order chi connectivity index (χ1) is 14.8. The van der Waals surface area contributed by atoms with E-state index in [0.29, 0.717) is 14.9 Å². The Balaban J connectivity index is 1.40. The number of hydrogen-bond acceptors (Lipinski definition) is 6. The number of carbonyl (C=O) groups is 1. The minimum absolute atomic E-state index is 0.00585. The van der Waals surface area contributed by atoms with E-state index in [1.54, 1.807) is 12.1 Å². The zero-order valence-electron chi connectivity index (χ0n) is 15.9. The third kappa shape index (κ3) is 6.80. The van der Waals surface area contributed by atoms with Crippen LogP contribution in [0.2, 0.25) is 5.02 Å². The van der Waals surface area contributed by atoms with E-state index in [9.17, 15) is 18.0 Å². The van der Waals surface area contributed by atoms with Gasteiger partial charge >= 0.3 is 6.18 Å². The summed E-state index contributed by atoms with van der Waals surface area (Å²) in [5.74, 6) is -0.0791. The number of ketones is 1. The fraction of sp³-hybridized carbons (Fsp3) is 0.190. The number of oxime groups is 1. The molecule has 162 valence electrons. The lowest BCUT2D eigenvalue weighted by Gasteiger charge is -2.09. The third-order valence-corrected chi connectivity index (χ3v) is 5.24. The molecule has 0 fully saturated rings. The summed E-state index contributed by atoms with van der Waals surface area (Å²) in [6.45, 7) is 0.0219. The normalized spacial score (nSPS) is 11.6. The van der Waals surface area contributed by atoms with E-state index in [1.165, 1.54) is 35.9 Å². The van der Waals surface area contributed by atoms with Crippen molar-refractivity contribution in [2.45, 2.75) is 12.6 Å². The molecule has 3 rings (SSSR count). The molecule has 0 spiro atoms. The van der Waals surface area contributed by atoms with E-state index in [4.69, 9.17) is 21.2 Å². The highest BCUT2D eigenvalue weighted by Gasteiger charge is 2.30. The van der Waals surface area contributed by atoms with Crippen LogP contribution in [0.1, 0.15) is 21.7 Å². The second-order valence-electron chi connectivity index (χ2n) is 6.16. The van der Waals surface area contributed by atoms with E-state index in [0.717, 1.165) is 17.7 Å². The van der Waals surface area contributed by atoms with E-state index in [-0.39, 0.29) is 31.2 Å². The Kier molecular flexibility index (Phi) is 7.64. The molecule has 0 saturated heterocycles. The zero-order chi connectivity index (χ0) is 22.3. The summed E-state index contributed by atoms with van der Waals surface area (Å²) in [5, 5.41) is 4.99. The van der Waals surface area contributed by atoms with Crippen LogP contribution in [0.5, 0.6) is 5.75 Å². The summed E-state index contributed by atoms with van der Waals surface area (Å²) in [6.07, 6.45) is -1.58. The molecule has 5 nitrogen and oxygen atoms in total. The number of rotatable bonds is 9. The molecule has 0 unspecified atom stereocenters. The van der Waals surface area contributed by atoms with Crippen molar-refractivity contribution in [1.29, 1.82) is 0 Å². The Morgan fingerprint density at radius 3 is 2.68 bits per heavy atom. The molecule has 0 aliphatic carbocycles. The van der Waals surface area contributed by atoms with Crippen LogP contribution in [0, 0.1) is 0 Å². The Hall–Kier alpha value is -2.91. The van der Waals surface area contributed by atoms with Crippen molar-refractivity contribution < 1.29 is 27.5 Å². The van der Waals surface area contributed by atoms with Crippen LogP contribution in [-0.4, -0.2) is 30.2 Å². The Morgan fingerprint density at radius 2 is 1.94 bits per heavy atom. The number of halogens is 4. The minimum Gasteiger partial charge on any atom is -0.490 e. The van der Waals surface area contributed by atoms with E-state index >= 15 is 0 Å². The monoisotopic (exact) mass is 468 g/mol. The Labute approximate surface area is 185 Å². The lowest BCUT2D eigenvalue weighted by Crippen LogP contribution is -2.07. The molecule has 2 aromatic carbocycles. The number of hydrogen-bond donors (Lipinski definition) is 0. The SMILES string of the molecule is O=C(CC=NOCCOc1cccc(C(F)(F)F)c1)c1cnc(-c2ccc(Cl)cc2)s1. The number of nitrogens with zero attached hydrogens (tertiary/aromatic N) is 2. The fourth-order valence-corrected chi connectivity index (χ4v) is 3.41. The van der Waals surface area contributed by atoms with Crippen molar-refractivity contribution in [2.75, 3.05) is 13.2 Å². The molecule has 10 heteroatoms. The number of aromatic nitrogens is 1. The molecule has 1 aromatic heterocycles. The molecular weight excluding hydrogens is 453 g/mol. The Morgan fingerprint density at radius 1 is 1.16 bits per heavy atom. The van der Waals surface area contributed by atoms with E-state index in [1.807, 2.05) is 12.1 Å². The second kappa shape index (κ2) is 10.4. The molecule has 0 aliphatic heterocycles. The zero-order valence-corrected chi connectivity index (χ0v) is 17.5. The standard InChI is InChI=1S/C21H16ClF3N2O3S/c22-16-6-4-14(5-7-16)20-26-13-19(31-20)18(28)8-9-27-30-11-10-29-17-3-1-2-15(12-17)21(23,24)25/h1-7,9,12-13H,8,10-11H2. The van der Waals surface area contributed by atoms with Gasteiger partial charge in [0.15, 0.2) is 12.4 Å². The Bertz CT molecular complexity index is 1050. The topological polar surface area (TPSA) is 60.8 Å². The van der Waals surface area contributed by atoms with Crippen LogP contribution in [0.15, 0.2) is 59.9 Å². The first kappa shape index (κ1) is 22.8. The molecule has 3 aromatic rings. The largest absolute Gasteiger partial charge is 0.490 e. The molecular formula is C21H16ClF3N2O3S. The average Bonchev–Trinajstić information content (AvgIpc) is 3.23. The molecule has 0 aliphatic rings. The number of benzene rings is 2. The van der Waals surface area contributed by atoms with Gasteiger partial charge in [0.2, 0.25) is 0 Å². The first-order valence-corrected chi connectivity index (χ1v) is 10.2. The van der Waals surface area contributed by atoms with Crippen LogP contribution in [-0.2, 0) is 11.0 Å². The molecule has 0 atom stereocenters. The van der Waals surface area contributed by atoms with Crippen LogP contribution < -0.4 is 4.74 Å². The van der Waals surface area contributed by atoms with Gasteiger partial charge < -0.3 is 9.57 Å². The van der Waals surface area contributed by atoms with Gasteiger partial charge in [0, 0.05) is 16.8 Å². The fourth-order valence-electron chi connectivity index (χ4n) is 2.41. The predicted molar refractivity (Wildman–Crippen MR) is 113 cm³/mol. The van der Waals surface area contributed by atoms with Crippen molar-refractivity contribution >= 4 is 34.9 Å². The number of Topliss-reactive ketones (excluding diaryl/α,β-unsaturated/α-hetero) is 1. The molecule has 0 amide bonds. The highest BCUT2D eigenvalue weighted by atomic mass is 35.5. The highest BCUT2D eigenvalue weighted by Crippen LogP contribution is 2.31. The van der Waals surface area contributed by atoms with Gasteiger partial charge in [-0.1, -0.05) is 35.0 Å². The molecule has 0 saturated carbocycles. The maximum Gasteiger partial charge on any atom is 0.416 e. The van der Waals surface area contributed by atoms with Crippen molar-refractivity contribution in [3.63, 3.8) is 0 Å². The van der Waals surface area contributed by atoms with Gasteiger partial charge in [0.25, 0.3) is 0 Å². The van der Waals surface area contributed by atoms with Crippen molar-refractivity contribution in [3.8, 4) is 16.3 Å². The average molecular weight is 469 g/mol. The second-order valence-corrected chi connectivity index (χ2v) is 7.63. The van der Waals surface area contributed by atoms with Gasteiger partial charge in [-0.2, -0.15) is 13.2 Å². The number of carbonyl (C=O) groups excluding carboxylic acids is 1. The van der Waals surface area contributed by atoms with Crippen LogP contribution in [0.4, 0.5) is 13.2 Å². The number of alkyl halides is 3. The van der Waals surface area contributed by atoms with Gasteiger partial charge in [0.1, 0.15) is 17.4 Å². The van der Waals surface area contributed by atoms with Crippen molar-refractivity contribution in [2.24, 2.45) is 5.16 Å². The molecule has 1 heterocycles. The predicted octanol–water partition coefficient (Wildman–Crippen LogP) is 6.14. The van der Waals surface area contributed by atoms with Gasteiger partial charge in [-0.3, -0.25) is 4.79 Å². The van der Waals surface area contributed by atoms with Crippen LogP contribution in [0.3, 0.4) is 0 Å². The lowest BCUT2D eigenvalue weighted by molar-refractivity contribution is -0.137. The number of thiazole rings is 1. The summed E-state index contributed by atoms with van der Waals surface area (Å²) >= 11 is 7.13. The molecule has 31 heavy (non-hydrogen) atoms. The maximum atomic E-state index is 12.7. The molecule has 0 N–H and O–H groups in total. The van der Waals surface area contributed by atoms with Gasteiger partial charge in [-0.05, 0) is 30.3 Å². The van der Waals surface area contributed by atoms with E-state index in [2.05, 4.69) is 10.1 Å². The minimum atomic E-state index is -4.43. The van der Waals surface area contributed by atoms with E-state index < -0.39 is 11.7 Å².